The lowest BCUT2D eigenvalue weighted by molar-refractivity contribution is 0.145. The Morgan fingerprint density at radius 1 is 1.25 bits per heavy atom. The zero-order chi connectivity index (χ0) is 12.0. The first-order valence-electron chi connectivity index (χ1n) is 6.82. The first kappa shape index (κ1) is 13.5. The maximum absolute atomic E-state index is 9.29. The van der Waals surface area contributed by atoms with Gasteiger partial charge in [0.15, 0.2) is 0 Å². The van der Waals surface area contributed by atoms with E-state index in [1.165, 1.54) is 25.7 Å². The quantitative estimate of drug-likeness (QED) is 0.681. The molecule has 1 rings (SSSR count). The van der Waals surface area contributed by atoms with Gasteiger partial charge in [0.25, 0.3) is 0 Å². The fourth-order valence-corrected chi connectivity index (χ4v) is 2.84. The Balaban J connectivity index is 2.67. The van der Waals surface area contributed by atoms with Crippen molar-refractivity contribution in [2.75, 3.05) is 13.1 Å². The summed E-state index contributed by atoms with van der Waals surface area (Å²) in [4.78, 5) is 2.53. The summed E-state index contributed by atoms with van der Waals surface area (Å²) < 4.78 is 0. The van der Waals surface area contributed by atoms with Crippen LogP contribution in [0.2, 0.25) is 0 Å². The predicted molar refractivity (Wildman–Crippen MR) is 68.1 cm³/mol. The number of nitriles is 1. The molecule has 0 saturated heterocycles. The Morgan fingerprint density at radius 2 is 1.94 bits per heavy atom. The summed E-state index contributed by atoms with van der Waals surface area (Å²) in [6.07, 6.45) is 6.19. The fraction of sp³-hybridized carbons (Fsp3) is 0.929. The molecule has 0 aromatic rings. The molecule has 92 valence electrons. The van der Waals surface area contributed by atoms with E-state index in [4.69, 9.17) is 0 Å². The molecule has 0 aromatic heterocycles. The van der Waals surface area contributed by atoms with Crippen LogP contribution in [0.3, 0.4) is 0 Å². The third-order valence-corrected chi connectivity index (χ3v) is 3.62. The van der Waals surface area contributed by atoms with Gasteiger partial charge in [-0.05, 0) is 25.3 Å². The number of hydrogen-bond donors (Lipinski definition) is 0. The van der Waals surface area contributed by atoms with Crippen molar-refractivity contribution in [1.82, 2.24) is 4.90 Å². The number of nitrogens with zero attached hydrogens (tertiary/aromatic N) is 2. The highest BCUT2D eigenvalue weighted by Crippen LogP contribution is 2.27. The molecule has 0 bridgehead atoms. The third kappa shape index (κ3) is 3.79. The molecule has 0 spiro atoms. The van der Waals surface area contributed by atoms with Gasteiger partial charge in [-0.3, -0.25) is 4.90 Å². The third-order valence-electron chi connectivity index (χ3n) is 3.62. The van der Waals surface area contributed by atoms with Crippen LogP contribution in [0.15, 0.2) is 0 Å². The van der Waals surface area contributed by atoms with Crippen LogP contribution in [-0.2, 0) is 0 Å². The number of rotatable bonds is 4. The molecular formula is C14H26N2. The topological polar surface area (TPSA) is 27.0 Å². The first-order valence-corrected chi connectivity index (χ1v) is 6.82. The van der Waals surface area contributed by atoms with E-state index in [2.05, 4.69) is 31.7 Å². The van der Waals surface area contributed by atoms with Gasteiger partial charge in [-0.1, -0.05) is 40.0 Å². The molecule has 0 N–H and O–H groups in total. The Labute approximate surface area is 101 Å². The zero-order valence-corrected chi connectivity index (χ0v) is 11.1. The standard InChI is InChI=1S/C14H26N2/c1-4-16(11-12(2)3)14-9-7-5-6-8-13(14)10-15/h12-14H,4-9,11H2,1-3H3. The van der Waals surface area contributed by atoms with Crippen LogP contribution in [0.4, 0.5) is 0 Å². The minimum absolute atomic E-state index is 0.265. The van der Waals surface area contributed by atoms with E-state index in [1.54, 1.807) is 0 Å². The second-order valence-corrected chi connectivity index (χ2v) is 5.42. The molecule has 0 amide bonds. The van der Waals surface area contributed by atoms with Gasteiger partial charge in [0, 0.05) is 12.6 Å². The molecule has 2 nitrogen and oxygen atoms in total. The summed E-state index contributed by atoms with van der Waals surface area (Å²) in [6, 6.07) is 3.05. The van der Waals surface area contributed by atoms with Crippen LogP contribution in [-0.4, -0.2) is 24.0 Å². The van der Waals surface area contributed by atoms with E-state index in [0.29, 0.717) is 12.0 Å². The summed E-state index contributed by atoms with van der Waals surface area (Å²) in [5.41, 5.74) is 0. The SMILES string of the molecule is CCN(CC(C)C)C1CCCCCC1C#N. The van der Waals surface area contributed by atoms with Crippen LogP contribution in [0, 0.1) is 23.2 Å². The van der Waals surface area contributed by atoms with Gasteiger partial charge in [0.05, 0.1) is 12.0 Å². The first-order chi connectivity index (χ1) is 7.69. The van der Waals surface area contributed by atoms with Gasteiger partial charge in [0.2, 0.25) is 0 Å². The molecule has 0 radical (unpaired) electrons. The molecule has 1 fully saturated rings. The molecule has 1 aliphatic rings. The van der Waals surface area contributed by atoms with Crippen molar-refractivity contribution in [1.29, 1.82) is 5.26 Å². The summed E-state index contributed by atoms with van der Waals surface area (Å²) in [7, 11) is 0. The predicted octanol–water partition coefficient (Wildman–Crippen LogP) is 3.44. The van der Waals surface area contributed by atoms with E-state index >= 15 is 0 Å². The molecule has 2 atom stereocenters. The zero-order valence-electron chi connectivity index (χ0n) is 11.1. The van der Waals surface area contributed by atoms with Gasteiger partial charge in [-0.15, -0.1) is 0 Å². The van der Waals surface area contributed by atoms with Crippen LogP contribution < -0.4 is 0 Å². The fourth-order valence-electron chi connectivity index (χ4n) is 2.84. The second kappa shape index (κ2) is 6.91. The molecule has 1 aliphatic carbocycles. The van der Waals surface area contributed by atoms with E-state index in [-0.39, 0.29) is 5.92 Å². The average Bonchev–Trinajstić information content (AvgIpc) is 2.50. The van der Waals surface area contributed by atoms with Gasteiger partial charge in [-0.2, -0.15) is 5.26 Å². The van der Waals surface area contributed by atoms with Crippen LogP contribution in [0.25, 0.3) is 0 Å². The largest absolute Gasteiger partial charge is 0.299 e. The molecule has 0 aliphatic heterocycles. The molecule has 2 unspecified atom stereocenters. The molecule has 16 heavy (non-hydrogen) atoms. The normalized spacial score (nSPS) is 26.8. The van der Waals surface area contributed by atoms with Crippen molar-refractivity contribution in [3.05, 3.63) is 0 Å². The highest BCUT2D eigenvalue weighted by molar-refractivity contribution is 4.94. The van der Waals surface area contributed by atoms with Crippen LogP contribution in [0.5, 0.6) is 0 Å². The summed E-state index contributed by atoms with van der Waals surface area (Å²) in [5.74, 6) is 0.962. The monoisotopic (exact) mass is 222 g/mol. The maximum Gasteiger partial charge on any atom is 0.0672 e. The lowest BCUT2D eigenvalue weighted by Gasteiger charge is -2.33. The Bertz CT molecular complexity index is 229. The molecular weight excluding hydrogens is 196 g/mol. The van der Waals surface area contributed by atoms with E-state index in [9.17, 15) is 5.26 Å². The average molecular weight is 222 g/mol. The smallest absolute Gasteiger partial charge is 0.0672 e. The van der Waals surface area contributed by atoms with E-state index in [1.807, 2.05) is 0 Å². The highest BCUT2D eigenvalue weighted by Gasteiger charge is 2.28. The molecule has 0 aromatic carbocycles. The van der Waals surface area contributed by atoms with Gasteiger partial charge in [-0.25, -0.2) is 0 Å². The van der Waals surface area contributed by atoms with Crippen LogP contribution >= 0.6 is 0 Å². The highest BCUT2D eigenvalue weighted by atomic mass is 15.2. The molecule has 1 saturated carbocycles. The lowest BCUT2D eigenvalue weighted by Crippen LogP contribution is -2.41. The minimum atomic E-state index is 0.265. The summed E-state index contributed by atoms with van der Waals surface area (Å²) in [5, 5.41) is 9.29. The van der Waals surface area contributed by atoms with E-state index in [0.717, 1.165) is 19.5 Å². The summed E-state index contributed by atoms with van der Waals surface area (Å²) in [6.45, 7) is 8.98. The second-order valence-electron chi connectivity index (χ2n) is 5.42. The van der Waals surface area contributed by atoms with Gasteiger partial charge >= 0.3 is 0 Å². The molecule has 2 heteroatoms. The summed E-state index contributed by atoms with van der Waals surface area (Å²) >= 11 is 0. The van der Waals surface area contributed by atoms with Crippen molar-refractivity contribution >= 4 is 0 Å². The van der Waals surface area contributed by atoms with Crippen LogP contribution in [0.1, 0.15) is 52.9 Å². The van der Waals surface area contributed by atoms with Gasteiger partial charge < -0.3 is 0 Å². The molecule has 0 heterocycles. The van der Waals surface area contributed by atoms with Crippen molar-refractivity contribution in [3.63, 3.8) is 0 Å². The minimum Gasteiger partial charge on any atom is -0.299 e. The van der Waals surface area contributed by atoms with Crippen molar-refractivity contribution in [2.45, 2.75) is 58.9 Å². The van der Waals surface area contributed by atoms with Crippen molar-refractivity contribution in [2.24, 2.45) is 11.8 Å². The Hall–Kier alpha value is -0.550. The van der Waals surface area contributed by atoms with Crippen molar-refractivity contribution < 1.29 is 0 Å². The maximum atomic E-state index is 9.29. The lowest BCUT2D eigenvalue weighted by atomic mass is 9.94. The van der Waals surface area contributed by atoms with Crippen molar-refractivity contribution in [3.8, 4) is 6.07 Å². The van der Waals surface area contributed by atoms with Gasteiger partial charge in [0.1, 0.15) is 0 Å². The Kier molecular flexibility index (Phi) is 5.84. The Morgan fingerprint density at radius 3 is 2.50 bits per heavy atom. The number of hydrogen-bond acceptors (Lipinski definition) is 2. The van der Waals surface area contributed by atoms with E-state index < -0.39 is 0 Å².